The fourth-order valence-corrected chi connectivity index (χ4v) is 4.57. The lowest BCUT2D eigenvalue weighted by atomic mass is 10.1. The normalized spacial score (nSPS) is 24.0. The first kappa shape index (κ1) is 15.7. The van der Waals surface area contributed by atoms with Crippen molar-refractivity contribution < 1.29 is 23.7 Å². The van der Waals surface area contributed by atoms with Gasteiger partial charge in [-0.15, -0.1) is 10.8 Å². The van der Waals surface area contributed by atoms with E-state index >= 15 is 0 Å². The van der Waals surface area contributed by atoms with Crippen LogP contribution in [0.5, 0.6) is 0 Å². The second-order valence-corrected chi connectivity index (χ2v) is 7.38. The number of β-amino-alcohol motifs (C(OH)–C–C–N with tert-alkyl or cyclic N) is 1. The Bertz CT molecular complexity index is 539. The Morgan fingerprint density at radius 1 is 1.55 bits per heavy atom. The highest BCUT2D eigenvalue weighted by Crippen LogP contribution is 2.63. The molecule has 0 fully saturated rings. The number of hydrogen-bond acceptors (Lipinski definition) is 6. The van der Waals surface area contributed by atoms with E-state index in [1.807, 2.05) is 0 Å². The quantitative estimate of drug-likeness (QED) is 0.712. The van der Waals surface area contributed by atoms with Gasteiger partial charge in [-0.2, -0.15) is 4.31 Å². The van der Waals surface area contributed by atoms with Crippen LogP contribution in [0.25, 0.3) is 0 Å². The smallest absolute Gasteiger partial charge is 0.336 e. The number of halogens is 1. The number of carbonyl (C=O) groups excluding carboxylic acids is 1. The van der Waals surface area contributed by atoms with Gasteiger partial charge >= 0.3 is 5.97 Å². The van der Waals surface area contributed by atoms with Gasteiger partial charge in [-0.1, -0.05) is 15.9 Å². The molecule has 8 heteroatoms. The van der Waals surface area contributed by atoms with Crippen molar-refractivity contribution in [3.63, 3.8) is 0 Å². The summed E-state index contributed by atoms with van der Waals surface area (Å²) in [7, 11) is -2.03. The van der Waals surface area contributed by atoms with E-state index in [1.165, 1.54) is 11.4 Å². The van der Waals surface area contributed by atoms with Crippen molar-refractivity contribution in [1.82, 2.24) is 4.31 Å². The average Bonchev–Trinajstić information content (AvgIpc) is 2.58. The molecule has 20 heavy (non-hydrogen) atoms. The van der Waals surface area contributed by atoms with Gasteiger partial charge in [0.1, 0.15) is 0 Å². The van der Waals surface area contributed by atoms with Gasteiger partial charge in [0.2, 0.25) is 0 Å². The molecule has 112 valence electrons. The Balaban J connectivity index is 2.31. The lowest BCUT2D eigenvalue weighted by molar-refractivity contribution is -0.150. The van der Waals surface area contributed by atoms with E-state index < -0.39 is 22.8 Å². The van der Waals surface area contributed by atoms with Crippen LogP contribution < -0.4 is 0 Å². The number of aliphatic hydroxyl groups is 1. The van der Waals surface area contributed by atoms with Gasteiger partial charge < -0.3 is 9.84 Å². The molecule has 2 atom stereocenters. The minimum Gasteiger partial charge on any atom is -0.467 e. The summed E-state index contributed by atoms with van der Waals surface area (Å²) in [6.45, 7) is 1.58. The molecule has 2 rings (SSSR count). The summed E-state index contributed by atoms with van der Waals surface area (Å²) in [6.07, 6.45) is -1.42. The predicted molar refractivity (Wildman–Crippen MR) is 78.4 cm³/mol. The summed E-state index contributed by atoms with van der Waals surface area (Å²) in [5, 5.41) is 9.73. The summed E-state index contributed by atoms with van der Waals surface area (Å²) < 4.78 is 27.3. The standard InChI is InChI=1S/C12H16BrNO5S/c1-7-9-5-8(13)3-4-11(9)20(17,18)14(7)6-10(15)12(16)19-2/h3-5,7,10,15,17-18H,6H2,1-2H3. The summed E-state index contributed by atoms with van der Waals surface area (Å²) in [6, 6.07) is 4.83. The summed E-state index contributed by atoms with van der Waals surface area (Å²) in [4.78, 5) is 11.7. The number of nitrogens with zero attached hydrogens (tertiary/aromatic N) is 1. The van der Waals surface area contributed by atoms with Crippen LogP contribution in [0, 0.1) is 0 Å². The summed E-state index contributed by atoms with van der Waals surface area (Å²) >= 11 is 3.34. The fraction of sp³-hybridized carbons (Fsp3) is 0.417. The number of ether oxygens (including phenoxy) is 1. The Morgan fingerprint density at radius 3 is 2.80 bits per heavy atom. The molecule has 0 saturated carbocycles. The first-order chi connectivity index (χ1) is 9.28. The maximum atomic E-state index is 11.3. The Labute approximate surface area is 127 Å². The van der Waals surface area contributed by atoms with Gasteiger partial charge in [-0.3, -0.25) is 9.11 Å². The number of carbonyl (C=O) groups is 1. The van der Waals surface area contributed by atoms with Crippen molar-refractivity contribution in [2.24, 2.45) is 0 Å². The zero-order valence-electron chi connectivity index (χ0n) is 11.0. The van der Waals surface area contributed by atoms with E-state index in [0.29, 0.717) is 4.90 Å². The molecule has 0 spiro atoms. The van der Waals surface area contributed by atoms with Gasteiger partial charge in [0.05, 0.1) is 24.6 Å². The highest BCUT2D eigenvalue weighted by Gasteiger charge is 2.42. The molecule has 0 aliphatic carbocycles. The lowest BCUT2D eigenvalue weighted by Crippen LogP contribution is -2.37. The predicted octanol–water partition coefficient (Wildman–Crippen LogP) is 2.38. The van der Waals surface area contributed by atoms with E-state index in [2.05, 4.69) is 20.7 Å². The monoisotopic (exact) mass is 365 g/mol. The third kappa shape index (κ3) is 2.59. The molecule has 0 radical (unpaired) electrons. The number of aliphatic hydroxyl groups excluding tert-OH is 1. The SMILES string of the molecule is COC(=O)C(O)CN1C(C)c2cc(Br)ccc2S1(O)O. The van der Waals surface area contributed by atoms with E-state index in [9.17, 15) is 19.0 Å². The molecule has 1 aliphatic rings. The van der Waals surface area contributed by atoms with Crippen LogP contribution in [-0.4, -0.2) is 44.2 Å². The highest BCUT2D eigenvalue weighted by atomic mass is 79.9. The number of hydrogen-bond donors (Lipinski definition) is 3. The van der Waals surface area contributed by atoms with Crippen LogP contribution in [-0.2, 0) is 9.53 Å². The highest BCUT2D eigenvalue weighted by molar-refractivity contribution is 9.10. The van der Waals surface area contributed by atoms with Crippen LogP contribution >= 0.6 is 26.7 Å². The largest absolute Gasteiger partial charge is 0.467 e. The second-order valence-electron chi connectivity index (χ2n) is 4.52. The van der Waals surface area contributed by atoms with Gasteiger partial charge in [-0.05, 0) is 30.7 Å². The molecule has 1 aliphatic heterocycles. The van der Waals surface area contributed by atoms with E-state index in [-0.39, 0.29) is 12.6 Å². The van der Waals surface area contributed by atoms with Crippen LogP contribution in [0.3, 0.4) is 0 Å². The zero-order chi connectivity index (χ0) is 15.1. The van der Waals surface area contributed by atoms with Gasteiger partial charge in [0, 0.05) is 4.47 Å². The molecule has 0 amide bonds. The third-order valence-electron chi connectivity index (χ3n) is 3.30. The Kier molecular flexibility index (Phi) is 4.43. The van der Waals surface area contributed by atoms with Crippen molar-refractivity contribution in [3.05, 3.63) is 28.2 Å². The van der Waals surface area contributed by atoms with E-state index in [1.54, 1.807) is 25.1 Å². The van der Waals surface area contributed by atoms with Crippen LogP contribution in [0.4, 0.5) is 0 Å². The molecule has 0 saturated heterocycles. The van der Waals surface area contributed by atoms with Gasteiger partial charge in [0.15, 0.2) is 6.10 Å². The number of rotatable bonds is 3. The Hall–Kier alpha value is -0.640. The minimum atomic E-state index is -3.20. The first-order valence-electron chi connectivity index (χ1n) is 5.89. The average molecular weight is 366 g/mol. The molecule has 0 aromatic heterocycles. The van der Waals surface area contributed by atoms with Crippen molar-refractivity contribution in [2.75, 3.05) is 13.7 Å². The maximum absolute atomic E-state index is 11.3. The van der Waals surface area contributed by atoms with Crippen LogP contribution in [0.2, 0.25) is 0 Å². The van der Waals surface area contributed by atoms with Crippen LogP contribution in [0.1, 0.15) is 18.5 Å². The minimum absolute atomic E-state index is 0.206. The number of methoxy groups -OCH3 is 1. The van der Waals surface area contributed by atoms with Crippen molar-refractivity contribution in [2.45, 2.75) is 24.0 Å². The zero-order valence-corrected chi connectivity index (χ0v) is 13.4. The van der Waals surface area contributed by atoms with E-state index in [4.69, 9.17) is 0 Å². The lowest BCUT2D eigenvalue weighted by Gasteiger charge is -2.39. The molecule has 2 unspecified atom stereocenters. The van der Waals surface area contributed by atoms with E-state index in [0.717, 1.165) is 10.0 Å². The number of esters is 1. The fourth-order valence-electron chi connectivity index (χ4n) is 2.24. The van der Waals surface area contributed by atoms with Crippen molar-refractivity contribution in [1.29, 1.82) is 0 Å². The first-order valence-corrected chi connectivity index (χ1v) is 8.19. The molecule has 1 aromatic carbocycles. The molecule has 6 nitrogen and oxygen atoms in total. The number of fused-ring (bicyclic) bond motifs is 1. The topological polar surface area (TPSA) is 90.2 Å². The van der Waals surface area contributed by atoms with Crippen molar-refractivity contribution in [3.8, 4) is 0 Å². The second kappa shape index (κ2) is 5.63. The summed E-state index contributed by atoms with van der Waals surface area (Å²) in [5.41, 5.74) is 0.761. The molecule has 3 N–H and O–H groups in total. The van der Waals surface area contributed by atoms with Crippen molar-refractivity contribution >= 4 is 32.7 Å². The van der Waals surface area contributed by atoms with Gasteiger partial charge in [-0.25, -0.2) is 4.79 Å². The summed E-state index contributed by atoms with van der Waals surface area (Å²) in [5.74, 6) is -0.801. The van der Waals surface area contributed by atoms with Crippen LogP contribution in [0.15, 0.2) is 27.6 Å². The van der Waals surface area contributed by atoms with Gasteiger partial charge in [0.25, 0.3) is 0 Å². The third-order valence-corrected chi connectivity index (χ3v) is 5.88. The Morgan fingerprint density at radius 2 is 2.20 bits per heavy atom. The molecule has 1 aromatic rings. The number of benzene rings is 1. The molecule has 0 bridgehead atoms. The maximum Gasteiger partial charge on any atom is 0.336 e. The molecular weight excluding hydrogens is 350 g/mol. The molecule has 1 heterocycles. The molecular formula is C12H16BrNO5S.